The summed E-state index contributed by atoms with van der Waals surface area (Å²) in [5.74, 6) is -1.18. The lowest BCUT2D eigenvalue weighted by atomic mass is 10.1. The van der Waals surface area contributed by atoms with Crippen molar-refractivity contribution in [1.29, 1.82) is 0 Å². The number of benzene rings is 1. The van der Waals surface area contributed by atoms with Gasteiger partial charge in [0.05, 0.1) is 5.56 Å². The maximum Gasteiger partial charge on any atom is 0.342 e. The summed E-state index contributed by atoms with van der Waals surface area (Å²) in [5, 5.41) is 3.10. The van der Waals surface area contributed by atoms with Crippen LogP contribution in [0.1, 0.15) is 40.2 Å². The summed E-state index contributed by atoms with van der Waals surface area (Å²) in [6, 6.07) is 9.58. The Labute approximate surface area is 163 Å². The van der Waals surface area contributed by atoms with Crippen molar-refractivity contribution in [3.05, 3.63) is 51.9 Å². The monoisotopic (exact) mass is 388 g/mol. The first-order chi connectivity index (χ1) is 12.7. The Morgan fingerprint density at radius 1 is 1.19 bits per heavy atom. The van der Waals surface area contributed by atoms with Crippen LogP contribution >= 0.6 is 11.3 Å². The topological polar surface area (TPSA) is 75.7 Å². The summed E-state index contributed by atoms with van der Waals surface area (Å²) in [7, 11) is 1.67. The molecule has 2 aromatic rings. The van der Waals surface area contributed by atoms with E-state index in [1.165, 1.54) is 23.2 Å². The maximum absolute atomic E-state index is 12.6. The number of ether oxygens (including phenoxy) is 1. The van der Waals surface area contributed by atoms with Crippen LogP contribution in [0.5, 0.6) is 0 Å². The van der Waals surface area contributed by atoms with Gasteiger partial charge in [-0.05, 0) is 31.9 Å². The van der Waals surface area contributed by atoms with Crippen molar-refractivity contribution in [2.45, 2.75) is 40.3 Å². The van der Waals surface area contributed by atoms with Gasteiger partial charge in [-0.15, -0.1) is 11.3 Å². The van der Waals surface area contributed by atoms with E-state index in [1.807, 2.05) is 37.3 Å². The molecule has 2 amide bonds. The molecule has 0 spiro atoms. The van der Waals surface area contributed by atoms with Gasteiger partial charge in [-0.1, -0.05) is 30.3 Å². The standard InChI is InChI=1S/C20H24N2O4S/c1-12-14(3)27-18(21-15(4)23)17(12)20(25)26-13(2)19(24)22(5)11-16-9-7-6-8-10-16/h6-10,13H,11H2,1-5H3,(H,21,23)/t13-/m0/s1. The molecule has 1 aromatic heterocycles. The summed E-state index contributed by atoms with van der Waals surface area (Å²) in [5.41, 5.74) is 2.04. The predicted molar refractivity (Wildman–Crippen MR) is 106 cm³/mol. The lowest BCUT2D eigenvalue weighted by Gasteiger charge is -2.21. The quantitative estimate of drug-likeness (QED) is 0.768. The molecule has 0 saturated heterocycles. The molecule has 144 valence electrons. The van der Waals surface area contributed by atoms with Crippen molar-refractivity contribution in [3.8, 4) is 0 Å². The fraction of sp³-hybridized carbons (Fsp3) is 0.350. The molecular formula is C20H24N2O4S. The van der Waals surface area contributed by atoms with E-state index in [0.29, 0.717) is 17.1 Å². The molecule has 1 heterocycles. The lowest BCUT2D eigenvalue weighted by molar-refractivity contribution is -0.139. The molecular weight excluding hydrogens is 364 g/mol. The van der Waals surface area contributed by atoms with Crippen LogP contribution in [-0.4, -0.2) is 35.8 Å². The number of carbonyl (C=O) groups excluding carboxylic acids is 3. The van der Waals surface area contributed by atoms with Gasteiger partial charge in [0, 0.05) is 25.4 Å². The number of anilines is 1. The zero-order chi connectivity index (χ0) is 20.1. The van der Waals surface area contributed by atoms with Gasteiger partial charge in [0.2, 0.25) is 5.91 Å². The molecule has 0 saturated carbocycles. The minimum atomic E-state index is -0.934. The van der Waals surface area contributed by atoms with Crippen LogP contribution in [-0.2, 0) is 20.9 Å². The summed E-state index contributed by atoms with van der Waals surface area (Å²) in [6.07, 6.45) is -0.934. The molecule has 2 rings (SSSR count). The fourth-order valence-corrected chi connectivity index (χ4v) is 3.73. The van der Waals surface area contributed by atoms with Crippen LogP contribution in [0.25, 0.3) is 0 Å². The highest BCUT2D eigenvalue weighted by atomic mass is 32.1. The van der Waals surface area contributed by atoms with Crippen molar-refractivity contribution in [2.24, 2.45) is 0 Å². The van der Waals surface area contributed by atoms with E-state index in [0.717, 1.165) is 16.0 Å². The third-order valence-corrected chi connectivity index (χ3v) is 5.27. The van der Waals surface area contributed by atoms with Crippen LogP contribution in [0, 0.1) is 13.8 Å². The first kappa shape index (κ1) is 20.6. The molecule has 0 radical (unpaired) electrons. The van der Waals surface area contributed by atoms with Gasteiger partial charge in [-0.2, -0.15) is 0 Å². The zero-order valence-electron chi connectivity index (χ0n) is 16.2. The average Bonchev–Trinajstić information content (AvgIpc) is 2.88. The van der Waals surface area contributed by atoms with Crippen molar-refractivity contribution in [3.63, 3.8) is 0 Å². The summed E-state index contributed by atoms with van der Waals surface area (Å²) in [6.45, 7) is 7.01. The molecule has 1 aromatic carbocycles. The van der Waals surface area contributed by atoms with E-state index in [4.69, 9.17) is 4.74 Å². The van der Waals surface area contributed by atoms with Gasteiger partial charge in [0.25, 0.3) is 5.91 Å². The molecule has 0 bridgehead atoms. The van der Waals surface area contributed by atoms with E-state index in [-0.39, 0.29) is 11.8 Å². The number of rotatable bonds is 6. The van der Waals surface area contributed by atoms with Crippen molar-refractivity contribution < 1.29 is 19.1 Å². The van der Waals surface area contributed by atoms with Crippen LogP contribution < -0.4 is 5.32 Å². The Kier molecular flexibility index (Phi) is 6.74. The van der Waals surface area contributed by atoms with Crippen LogP contribution in [0.4, 0.5) is 5.00 Å². The number of aryl methyl sites for hydroxylation is 1. The normalized spacial score (nSPS) is 11.6. The minimum absolute atomic E-state index is 0.267. The predicted octanol–water partition coefficient (Wildman–Crippen LogP) is 3.53. The number of amides is 2. The van der Waals surface area contributed by atoms with Crippen molar-refractivity contribution in [1.82, 2.24) is 4.90 Å². The summed E-state index contributed by atoms with van der Waals surface area (Å²) >= 11 is 1.31. The van der Waals surface area contributed by atoms with Crippen LogP contribution in [0.15, 0.2) is 30.3 Å². The molecule has 1 N–H and O–H groups in total. The summed E-state index contributed by atoms with van der Waals surface area (Å²) in [4.78, 5) is 39.0. The fourth-order valence-electron chi connectivity index (χ4n) is 2.64. The molecule has 6 nitrogen and oxygen atoms in total. The number of nitrogens with one attached hydrogen (secondary N) is 1. The Morgan fingerprint density at radius 2 is 1.81 bits per heavy atom. The van der Waals surface area contributed by atoms with E-state index in [1.54, 1.807) is 20.9 Å². The highest BCUT2D eigenvalue weighted by molar-refractivity contribution is 7.16. The average molecular weight is 388 g/mol. The number of hydrogen-bond donors (Lipinski definition) is 1. The Morgan fingerprint density at radius 3 is 2.41 bits per heavy atom. The molecule has 27 heavy (non-hydrogen) atoms. The number of likely N-dealkylation sites (N-methyl/N-ethyl adjacent to an activating group) is 1. The molecule has 0 unspecified atom stereocenters. The van der Waals surface area contributed by atoms with Gasteiger partial charge < -0.3 is 15.0 Å². The van der Waals surface area contributed by atoms with Gasteiger partial charge in [0.15, 0.2) is 6.10 Å². The number of esters is 1. The highest BCUT2D eigenvalue weighted by Crippen LogP contribution is 2.33. The van der Waals surface area contributed by atoms with Gasteiger partial charge in [-0.3, -0.25) is 9.59 Å². The minimum Gasteiger partial charge on any atom is -0.449 e. The number of carbonyl (C=O) groups is 3. The van der Waals surface area contributed by atoms with E-state index >= 15 is 0 Å². The first-order valence-corrected chi connectivity index (χ1v) is 9.39. The van der Waals surface area contributed by atoms with Gasteiger partial charge in [-0.25, -0.2) is 4.79 Å². The zero-order valence-corrected chi connectivity index (χ0v) is 17.0. The second-order valence-corrected chi connectivity index (χ2v) is 7.62. The van der Waals surface area contributed by atoms with E-state index < -0.39 is 12.1 Å². The van der Waals surface area contributed by atoms with Crippen molar-refractivity contribution in [2.75, 3.05) is 12.4 Å². The van der Waals surface area contributed by atoms with E-state index in [9.17, 15) is 14.4 Å². The smallest absolute Gasteiger partial charge is 0.342 e. The van der Waals surface area contributed by atoms with Crippen molar-refractivity contribution >= 4 is 34.1 Å². The molecule has 1 atom stereocenters. The number of hydrogen-bond acceptors (Lipinski definition) is 5. The molecule has 0 aliphatic carbocycles. The maximum atomic E-state index is 12.6. The lowest BCUT2D eigenvalue weighted by Crippen LogP contribution is -2.37. The number of nitrogens with zero attached hydrogens (tertiary/aromatic N) is 1. The Balaban J connectivity index is 2.08. The third kappa shape index (κ3) is 5.17. The van der Waals surface area contributed by atoms with E-state index in [2.05, 4.69) is 5.32 Å². The first-order valence-electron chi connectivity index (χ1n) is 8.58. The molecule has 0 aliphatic heterocycles. The Bertz CT molecular complexity index is 845. The van der Waals surface area contributed by atoms with Crippen LogP contribution in [0.2, 0.25) is 0 Å². The number of thiophene rings is 1. The third-order valence-electron chi connectivity index (χ3n) is 4.15. The molecule has 7 heteroatoms. The summed E-state index contributed by atoms with van der Waals surface area (Å²) < 4.78 is 5.40. The molecule has 0 aliphatic rings. The largest absolute Gasteiger partial charge is 0.449 e. The Hall–Kier alpha value is -2.67. The van der Waals surface area contributed by atoms with Gasteiger partial charge in [0.1, 0.15) is 5.00 Å². The highest BCUT2D eigenvalue weighted by Gasteiger charge is 2.27. The van der Waals surface area contributed by atoms with Gasteiger partial charge >= 0.3 is 5.97 Å². The second kappa shape index (κ2) is 8.81. The SMILES string of the molecule is CC(=O)Nc1sc(C)c(C)c1C(=O)O[C@@H](C)C(=O)N(C)Cc1ccccc1. The van der Waals surface area contributed by atoms with Crippen LogP contribution in [0.3, 0.4) is 0 Å². The second-order valence-electron chi connectivity index (χ2n) is 6.40. The molecule has 0 fully saturated rings.